The van der Waals surface area contributed by atoms with E-state index in [0.29, 0.717) is 30.2 Å². The van der Waals surface area contributed by atoms with Crippen LogP contribution in [0.3, 0.4) is 0 Å². The van der Waals surface area contributed by atoms with E-state index in [1.807, 2.05) is 4.57 Å². The zero-order valence-electron chi connectivity index (χ0n) is 9.31. The van der Waals surface area contributed by atoms with Crippen LogP contribution < -0.4 is 11.4 Å². The van der Waals surface area contributed by atoms with Gasteiger partial charge in [0.1, 0.15) is 5.52 Å². The second-order valence-electron chi connectivity index (χ2n) is 4.14. The zero-order valence-corrected chi connectivity index (χ0v) is 9.31. The number of H-pyrrole nitrogens is 1. The summed E-state index contributed by atoms with van der Waals surface area (Å²) in [4.78, 5) is 11.2. The summed E-state index contributed by atoms with van der Waals surface area (Å²) in [7, 11) is 0. The number of aromatic nitrogens is 4. The lowest BCUT2D eigenvalue weighted by Crippen LogP contribution is -2.32. The summed E-state index contributed by atoms with van der Waals surface area (Å²) in [6, 6.07) is 0.218. The van der Waals surface area contributed by atoms with Crippen molar-refractivity contribution in [2.45, 2.75) is 18.9 Å². The molecule has 3 heterocycles. The Balaban J connectivity index is 2.20. The van der Waals surface area contributed by atoms with Crippen molar-refractivity contribution in [3.8, 4) is 0 Å². The number of imidazole rings is 1. The molecule has 3 rings (SSSR count). The molecule has 0 aromatic carbocycles. The molecular weight excluding hydrogens is 220 g/mol. The van der Waals surface area contributed by atoms with Crippen molar-refractivity contribution in [1.82, 2.24) is 19.5 Å². The minimum Gasteiger partial charge on any atom is -0.382 e. The molecule has 7 heteroatoms. The second kappa shape index (κ2) is 3.85. The molecule has 0 radical (unpaired) electrons. The van der Waals surface area contributed by atoms with E-state index in [-0.39, 0.29) is 11.7 Å². The Morgan fingerprint density at radius 1 is 1.47 bits per heavy atom. The molecule has 90 valence electrons. The van der Waals surface area contributed by atoms with Gasteiger partial charge >= 0.3 is 0 Å². The van der Waals surface area contributed by atoms with Crippen LogP contribution in [0.25, 0.3) is 11.2 Å². The molecule has 0 spiro atoms. The molecule has 0 amide bonds. The number of nitrogens with two attached hydrogens (primary N) is 1. The summed E-state index contributed by atoms with van der Waals surface area (Å²) >= 11 is 0. The smallest absolute Gasteiger partial charge is 0.225 e. The second-order valence-corrected chi connectivity index (χ2v) is 4.14. The van der Waals surface area contributed by atoms with Crippen LogP contribution in [-0.4, -0.2) is 32.7 Å². The predicted molar refractivity (Wildman–Crippen MR) is 61.2 cm³/mol. The largest absolute Gasteiger partial charge is 0.382 e. The molecule has 0 bridgehead atoms. The van der Waals surface area contributed by atoms with Gasteiger partial charge in [-0.25, -0.2) is 4.98 Å². The molecule has 0 saturated carbocycles. The first kappa shape index (κ1) is 10.3. The predicted octanol–water partition coefficient (Wildman–Crippen LogP) is 0.173. The molecule has 2 aromatic rings. The highest BCUT2D eigenvalue weighted by Gasteiger charge is 2.20. The third-order valence-electron chi connectivity index (χ3n) is 3.11. The molecule has 1 saturated heterocycles. The normalized spacial score (nSPS) is 17.6. The van der Waals surface area contributed by atoms with E-state index in [0.717, 1.165) is 12.8 Å². The van der Waals surface area contributed by atoms with E-state index < -0.39 is 0 Å². The van der Waals surface area contributed by atoms with Gasteiger partial charge < -0.3 is 15.5 Å². The van der Waals surface area contributed by atoms with Crippen molar-refractivity contribution in [3.63, 3.8) is 0 Å². The lowest BCUT2D eigenvalue weighted by atomic mass is 10.1. The third-order valence-corrected chi connectivity index (χ3v) is 3.11. The van der Waals surface area contributed by atoms with Gasteiger partial charge in [-0.3, -0.25) is 9.98 Å². The number of hydrogen-bond donors (Lipinski definition) is 3. The van der Waals surface area contributed by atoms with Gasteiger partial charge in [-0.1, -0.05) is 0 Å². The number of nitrogens with zero attached hydrogens (tertiary/aromatic N) is 3. The Labute approximate surface area is 97.1 Å². The minimum atomic E-state index is 0.161. The Hall–Kier alpha value is -1.89. The maximum absolute atomic E-state index is 7.95. The van der Waals surface area contributed by atoms with Crippen LogP contribution in [0.4, 0.5) is 5.82 Å². The summed E-state index contributed by atoms with van der Waals surface area (Å²) in [6.45, 7) is 1.43. The SMILES string of the molecule is N=c1nc(N)c2[nH]cnc2n1C1CCOCC1. The lowest BCUT2D eigenvalue weighted by molar-refractivity contribution is 0.0690. The van der Waals surface area contributed by atoms with Crippen LogP contribution in [0.2, 0.25) is 0 Å². The Morgan fingerprint density at radius 3 is 3.00 bits per heavy atom. The highest BCUT2D eigenvalue weighted by atomic mass is 16.5. The lowest BCUT2D eigenvalue weighted by Gasteiger charge is -2.24. The summed E-state index contributed by atoms with van der Waals surface area (Å²) in [5.41, 5.74) is 7.33. The number of ether oxygens (including phenoxy) is 1. The summed E-state index contributed by atoms with van der Waals surface area (Å²) in [6.07, 6.45) is 3.34. The van der Waals surface area contributed by atoms with Gasteiger partial charge in [0.2, 0.25) is 5.62 Å². The molecule has 0 atom stereocenters. The molecule has 1 aliphatic heterocycles. The standard InChI is InChI=1S/C10H14N6O/c11-8-7-9(14-5-13-7)16(10(12)15-8)6-1-3-17-4-2-6/h5-6H,1-4H2,(H,13,14)(H3,11,12,15). The molecule has 1 aliphatic rings. The van der Waals surface area contributed by atoms with Gasteiger partial charge in [0.05, 0.1) is 6.33 Å². The van der Waals surface area contributed by atoms with E-state index >= 15 is 0 Å². The molecule has 7 nitrogen and oxygen atoms in total. The van der Waals surface area contributed by atoms with Crippen LogP contribution >= 0.6 is 0 Å². The maximum atomic E-state index is 7.95. The van der Waals surface area contributed by atoms with E-state index in [1.54, 1.807) is 6.33 Å². The number of nitrogens with one attached hydrogen (secondary N) is 2. The summed E-state index contributed by atoms with van der Waals surface area (Å²) < 4.78 is 7.17. The van der Waals surface area contributed by atoms with Crippen LogP contribution in [0.1, 0.15) is 18.9 Å². The number of anilines is 1. The van der Waals surface area contributed by atoms with Gasteiger partial charge in [-0.2, -0.15) is 4.98 Å². The maximum Gasteiger partial charge on any atom is 0.225 e. The quantitative estimate of drug-likeness (QED) is 0.654. The van der Waals surface area contributed by atoms with Crippen molar-refractivity contribution >= 4 is 17.0 Å². The van der Waals surface area contributed by atoms with Crippen LogP contribution in [-0.2, 0) is 4.74 Å². The number of nitrogen functional groups attached to an aromatic ring is 1. The highest BCUT2D eigenvalue weighted by molar-refractivity contribution is 5.81. The highest BCUT2D eigenvalue weighted by Crippen LogP contribution is 2.23. The van der Waals surface area contributed by atoms with E-state index in [1.165, 1.54) is 0 Å². The minimum absolute atomic E-state index is 0.161. The van der Waals surface area contributed by atoms with E-state index in [2.05, 4.69) is 15.0 Å². The molecule has 4 N–H and O–H groups in total. The summed E-state index contributed by atoms with van der Waals surface area (Å²) in [5, 5.41) is 7.95. The van der Waals surface area contributed by atoms with E-state index in [4.69, 9.17) is 15.9 Å². The van der Waals surface area contributed by atoms with Crippen molar-refractivity contribution in [2.24, 2.45) is 0 Å². The van der Waals surface area contributed by atoms with Crippen LogP contribution in [0.5, 0.6) is 0 Å². The average Bonchev–Trinajstić information content (AvgIpc) is 2.79. The van der Waals surface area contributed by atoms with Crippen molar-refractivity contribution in [2.75, 3.05) is 18.9 Å². The first-order chi connectivity index (χ1) is 8.27. The fraction of sp³-hybridized carbons (Fsp3) is 0.500. The van der Waals surface area contributed by atoms with Gasteiger partial charge in [0, 0.05) is 19.3 Å². The molecular formula is C10H14N6O. The zero-order chi connectivity index (χ0) is 11.8. The number of aromatic amines is 1. The van der Waals surface area contributed by atoms with Gasteiger partial charge in [0.25, 0.3) is 0 Å². The van der Waals surface area contributed by atoms with Crippen molar-refractivity contribution in [3.05, 3.63) is 11.9 Å². The average molecular weight is 234 g/mol. The third kappa shape index (κ3) is 1.59. The van der Waals surface area contributed by atoms with Crippen LogP contribution in [0.15, 0.2) is 6.33 Å². The van der Waals surface area contributed by atoms with Gasteiger partial charge in [-0.05, 0) is 12.8 Å². The molecule has 17 heavy (non-hydrogen) atoms. The van der Waals surface area contributed by atoms with Gasteiger partial charge in [0.15, 0.2) is 11.5 Å². The van der Waals surface area contributed by atoms with E-state index in [9.17, 15) is 0 Å². The summed E-state index contributed by atoms with van der Waals surface area (Å²) in [5.74, 6) is 0.325. The molecule has 1 fully saturated rings. The molecule has 0 aliphatic carbocycles. The Morgan fingerprint density at radius 2 is 2.24 bits per heavy atom. The first-order valence-corrected chi connectivity index (χ1v) is 5.61. The fourth-order valence-electron chi connectivity index (χ4n) is 2.27. The monoisotopic (exact) mass is 234 g/mol. The Kier molecular flexibility index (Phi) is 2.32. The number of fused-ring (bicyclic) bond motifs is 1. The first-order valence-electron chi connectivity index (χ1n) is 5.61. The van der Waals surface area contributed by atoms with Crippen molar-refractivity contribution < 1.29 is 4.74 Å². The molecule has 0 unspecified atom stereocenters. The van der Waals surface area contributed by atoms with Gasteiger partial charge in [-0.15, -0.1) is 0 Å². The van der Waals surface area contributed by atoms with Crippen LogP contribution in [0, 0.1) is 5.41 Å². The molecule has 2 aromatic heterocycles. The number of rotatable bonds is 1. The topological polar surface area (TPSA) is 106 Å². The number of hydrogen-bond acceptors (Lipinski definition) is 5. The fourth-order valence-corrected chi connectivity index (χ4v) is 2.27. The van der Waals surface area contributed by atoms with Crippen molar-refractivity contribution in [1.29, 1.82) is 5.41 Å². The Bertz CT molecular complexity index is 594.